The van der Waals surface area contributed by atoms with Gasteiger partial charge in [0.05, 0.1) is 12.7 Å². The molecule has 4 rings (SSSR count). The molecule has 2 aliphatic rings. The van der Waals surface area contributed by atoms with E-state index in [1.165, 1.54) is 18.4 Å². The smallest absolute Gasteiger partial charge is 0.341 e. The highest BCUT2D eigenvalue weighted by Crippen LogP contribution is 2.38. The van der Waals surface area contributed by atoms with E-state index in [-0.39, 0.29) is 0 Å². The molecule has 1 saturated heterocycles. The second-order valence-electron chi connectivity index (χ2n) is 8.62. The number of carbonyl (C=O) groups is 4. The summed E-state index contributed by atoms with van der Waals surface area (Å²) < 4.78 is 4.96. The number of hydrogen-bond acceptors (Lipinski definition) is 6. The molecular formula is C24H27N3O5S. The minimum atomic E-state index is -1.25. The van der Waals surface area contributed by atoms with Crippen LogP contribution in [0.15, 0.2) is 24.3 Å². The Morgan fingerprint density at radius 3 is 2.55 bits per heavy atom. The maximum absolute atomic E-state index is 13.1. The molecule has 2 aromatic rings. The van der Waals surface area contributed by atoms with Crippen LogP contribution in [0.1, 0.15) is 58.1 Å². The van der Waals surface area contributed by atoms with E-state index in [0.29, 0.717) is 16.1 Å². The van der Waals surface area contributed by atoms with Crippen molar-refractivity contribution in [1.82, 2.24) is 10.2 Å². The van der Waals surface area contributed by atoms with E-state index in [0.717, 1.165) is 53.0 Å². The van der Waals surface area contributed by atoms with E-state index in [1.54, 1.807) is 19.1 Å². The molecule has 4 amide bonds. The molecule has 1 aromatic carbocycles. The highest BCUT2D eigenvalue weighted by Gasteiger charge is 2.49. The quantitative estimate of drug-likeness (QED) is 0.396. The molecule has 2 heterocycles. The standard InChI is InChI=1S/C24H27N3O5S/c1-14-9-11-15(12-10-14)24(2)22(30)27(23(31)26-24)13-18(28)25-20-19(21(29)32-3)16-7-5-4-6-8-17(16)33-20/h9-12H,4-8,13H2,1-3H3,(H,25,28)(H,26,31)/t24-/m1/s1. The van der Waals surface area contributed by atoms with Crippen molar-refractivity contribution >= 4 is 40.2 Å². The Morgan fingerprint density at radius 1 is 1.15 bits per heavy atom. The van der Waals surface area contributed by atoms with E-state index >= 15 is 0 Å². The summed E-state index contributed by atoms with van der Waals surface area (Å²) in [4.78, 5) is 53.0. The number of ether oxygens (including phenoxy) is 1. The van der Waals surface area contributed by atoms with Crippen molar-refractivity contribution in [2.24, 2.45) is 0 Å². The first-order valence-corrected chi connectivity index (χ1v) is 11.8. The average molecular weight is 470 g/mol. The number of nitrogens with zero attached hydrogens (tertiary/aromatic N) is 1. The van der Waals surface area contributed by atoms with Gasteiger partial charge >= 0.3 is 12.0 Å². The van der Waals surface area contributed by atoms with Gasteiger partial charge in [-0.25, -0.2) is 9.59 Å². The normalized spacial score (nSPS) is 20.2. The van der Waals surface area contributed by atoms with Crippen LogP contribution in [0.5, 0.6) is 0 Å². The molecule has 1 aromatic heterocycles. The van der Waals surface area contributed by atoms with E-state index in [9.17, 15) is 19.2 Å². The first-order valence-electron chi connectivity index (χ1n) is 11.0. The van der Waals surface area contributed by atoms with E-state index < -0.39 is 35.9 Å². The van der Waals surface area contributed by atoms with Crippen LogP contribution in [0.25, 0.3) is 0 Å². The third-order valence-corrected chi connectivity index (χ3v) is 7.48. The fourth-order valence-electron chi connectivity index (χ4n) is 4.38. The molecule has 1 fully saturated rings. The van der Waals surface area contributed by atoms with Crippen LogP contribution in [0.2, 0.25) is 0 Å². The lowest BCUT2D eigenvalue weighted by Gasteiger charge is -2.22. The monoisotopic (exact) mass is 469 g/mol. The van der Waals surface area contributed by atoms with Gasteiger partial charge in [-0.2, -0.15) is 0 Å². The fraction of sp³-hybridized carbons (Fsp3) is 0.417. The number of amides is 4. The van der Waals surface area contributed by atoms with E-state index in [1.807, 2.05) is 19.1 Å². The highest BCUT2D eigenvalue weighted by molar-refractivity contribution is 7.17. The van der Waals surface area contributed by atoms with Gasteiger partial charge in [0, 0.05) is 4.88 Å². The molecule has 33 heavy (non-hydrogen) atoms. The Balaban J connectivity index is 1.53. The maximum Gasteiger partial charge on any atom is 0.341 e. The summed E-state index contributed by atoms with van der Waals surface area (Å²) in [6, 6.07) is 6.68. The summed E-state index contributed by atoms with van der Waals surface area (Å²) in [6.07, 6.45) is 4.70. The molecule has 0 radical (unpaired) electrons. The number of rotatable bonds is 5. The Labute approximate surface area is 196 Å². The molecule has 174 valence electrons. The van der Waals surface area contributed by atoms with Crippen molar-refractivity contribution in [3.63, 3.8) is 0 Å². The van der Waals surface area contributed by atoms with Gasteiger partial charge in [-0.15, -0.1) is 11.3 Å². The predicted octanol–water partition coefficient (Wildman–Crippen LogP) is 3.52. The van der Waals surface area contributed by atoms with Crippen molar-refractivity contribution in [1.29, 1.82) is 0 Å². The van der Waals surface area contributed by atoms with Crippen LogP contribution in [0.3, 0.4) is 0 Å². The second kappa shape index (κ2) is 8.97. The fourth-order valence-corrected chi connectivity index (χ4v) is 5.68. The van der Waals surface area contributed by atoms with Crippen LogP contribution in [-0.2, 0) is 32.7 Å². The number of methoxy groups -OCH3 is 1. The first-order chi connectivity index (χ1) is 15.7. The molecular weight excluding hydrogens is 442 g/mol. The number of fused-ring (bicyclic) bond motifs is 1. The van der Waals surface area contributed by atoms with Gasteiger partial charge in [-0.3, -0.25) is 14.5 Å². The Kier molecular flexibility index (Phi) is 6.25. The summed E-state index contributed by atoms with van der Waals surface area (Å²) in [5.74, 6) is -1.54. The zero-order valence-electron chi connectivity index (χ0n) is 18.9. The number of hydrogen-bond donors (Lipinski definition) is 2. The minimum absolute atomic E-state index is 0.384. The summed E-state index contributed by atoms with van der Waals surface area (Å²) in [5, 5.41) is 5.87. The van der Waals surface area contributed by atoms with Gasteiger partial charge < -0.3 is 15.4 Å². The number of urea groups is 1. The molecule has 1 aliphatic heterocycles. The Bertz CT molecular complexity index is 1120. The van der Waals surface area contributed by atoms with Crippen LogP contribution in [0.4, 0.5) is 9.80 Å². The summed E-state index contributed by atoms with van der Waals surface area (Å²) in [6.45, 7) is 3.11. The van der Waals surface area contributed by atoms with Gasteiger partial charge in [-0.05, 0) is 50.7 Å². The van der Waals surface area contributed by atoms with Crippen LogP contribution < -0.4 is 10.6 Å². The number of benzene rings is 1. The van der Waals surface area contributed by atoms with Crippen molar-refractivity contribution < 1.29 is 23.9 Å². The van der Waals surface area contributed by atoms with Crippen molar-refractivity contribution in [3.8, 4) is 0 Å². The van der Waals surface area contributed by atoms with Crippen molar-refractivity contribution in [2.45, 2.75) is 51.5 Å². The SMILES string of the molecule is COC(=O)c1c(NC(=O)CN2C(=O)N[C@](C)(c3ccc(C)cc3)C2=O)sc2c1CCCCC2. The third-order valence-electron chi connectivity index (χ3n) is 6.27. The molecule has 0 bridgehead atoms. The van der Waals surface area contributed by atoms with Gasteiger partial charge in [0.1, 0.15) is 17.1 Å². The topological polar surface area (TPSA) is 105 Å². The van der Waals surface area contributed by atoms with Crippen LogP contribution in [0, 0.1) is 6.92 Å². The molecule has 2 N–H and O–H groups in total. The summed E-state index contributed by atoms with van der Waals surface area (Å²) >= 11 is 1.37. The van der Waals surface area contributed by atoms with Gasteiger partial charge in [0.15, 0.2) is 0 Å². The lowest BCUT2D eigenvalue weighted by atomic mass is 9.91. The number of anilines is 1. The number of thiophene rings is 1. The molecule has 8 nitrogen and oxygen atoms in total. The third kappa shape index (κ3) is 4.25. The van der Waals surface area contributed by atoms with Crippen molar-refractivity contribution in [2.75, 3.05) is 19.0 Å². The summed E-state index contributed by atoms with van der Waals surface area (Å²) in [7, 11) is 1.31. The zero-order chi connectivity index (χ0) is 23.8. The Hall–Kier alpha value is -3.20. The maximum atomic E-state index is 13.1. The summed E-state index contributed by atoms with van der Waals surface area (Å²) in [5.41, 5.74) is 1.74. The lowest BCUT2D eigenvalue weighted by Crippen LogP contribution is -2.42. The first kappa shape index (κ1) is 23.0. The van der Waals surface area contributed by atoms with Crippen LogP contribution in [-0.4, -0.2) is 42.4 Å². The highest BCUT2D eigenvalue weighted by atomic mass is 32.1. The van der Waals surface area contributed by atoms with Crippen LogP contribution >= 0.6 is 11.3 Å². The molecule has 1 aliphatic carbocycles. The van der Waals surface area contributed by atoms with Gasteiger partial charge in [0.2, 0.25) is 5.91 Å². The number of imide groups is 1. The lowest BCUT2D eigenvalue weighted by molar-refractivity contribution is -0.133. The number of nitrogens with one attached hydrogen (secondary N) is 2. The molecule has 0 spiro atoms. The second-order valence-corrected chi connectivity index (χ2v) is 9.73. The van der Waals surface area contributed by atoms with E-state index in [2.05, 4.69) is 10.6 Å². The number of carbonyl (C=O) groups excluding carboxylic acids is 4. The molecule has 1 atom stereocenters. The Morgan fingerprint density at radius 2 is 1.85 bits per heavy atom. The predicted molar refractivity (Wildman–Crippen MR) is 124 cm³/mol. The minimum Gasteiger partial charge on any atom is -0.465 e. The average Bonchev–Trinajstić information content (AvgIpc) is 3.10. The zero-order valence-corrected chi connectivity index (χ0v) is 19.8. The molecule has 0 unspecified atom stereocenters. The number of esters is 1. The van der Waals surface area contributed by atoms with Gasteiger partial charge in [0.25, 0.3) is 5.91 Å². The van der Waals surface area contributed by atoms with Gasteiger partial charge in [-0.1, -0.05) is 36.2 Å². The molecule has 9 heteroatoms. The van der Waals surface area contributed by atoms with Crippen molar-refractivity contribution in [3.05, 3.63) is 51.4 Å². The molecule has 0 saturated carbocycles. The largest absolute Gasteiger partial charge is 0.465 e. The van der Waals surface area contributed by atoms with E-state index in [4.69, 9.17) is 4.74 Å². The number of aryl methyl sites for hydroxylation is 2.